The van der Waals surface area contributed by atoms with Gasteiger partial charge in [0.15, 0.2) is 5.76 Å². The number of carbonyl (C=O) groups excluding carboxylic acids is 3. The number of hydrogen-bond donors (Lipinski definition) is 2. The monoisotopic (exact) mass is 567 g/mol. The fourth-order valence-electron chi connectivity index (χ4n) is 3.78. The fourth-order valence-corrected chi connectivity index (χ4v) is 4.77. The van der Waals surface area contributed by atoms with Crippen LogP contribution in [0.2, 0.25) is 0 Å². The van der Waals surface area contributed by atoms with E-state index < -0.39 is 35.3 Å². The molecule has 0 unspecified atom stereocenters. The van der Waals surface area contributed by atoms with E-state index in [9.17, 15) is 31.9 Å². The Hall–Kier alpha value is -4.84. The van der Waals surface area contributed by atoms with Gasteiger partial charge in [0.2, 0.25) is 0 Å². The molecule has 0 atom stereocenters. The van der Waals surface area contributed by atoms with Gasteiger partial charge in [-0.25, -0.2) is 9.29 Å². The number of benzene rings is 3. The Labute approximate surface area is 228 Å². The van der Waals surface area contributed by atoms with Gasteiger partial charge < -0.3 is 15.1 Å². The highest BCUT2D eigenvalue weighted by Crippen LogP contribution is 2.39. The molecule has 0 fully saturated rings. The Kier molecular flexibility index (Phi) is 7.18. The molecule has 0 spiro atoms. The molecule has 1 aliphatic heterocycles. The summed E-state index contributed by atoms with van der Waals surface area (Å²) in [6.07, 6.45) is -3.24. The third-order valence-corrected chi connectivity index (χ3v) is 6.74. The van der Waals surface area contributed by atoms with E-state index >= 15 is 0 Å². The normalized spacial score (nSPS) is 13.7. The van der Waals surface area contributed by atoms with Crippen LogP contribution in [0.3, 0.4) is 0 Å². The van der Waals surface area contributed by atoms with Crippen molar-refractivity contribution in [2.75, 3.05) is 15.5 Å². The van der Waals surface area contributed by atoms with E-state index in [0.717, 1.165) is 53.1 Å². The standard InChI is InChI=1S/C28H17F4N3O4S/c29-17-8-10-18(11-9-17)33-23-24(27(38)35(26(23)37)20-12-6-16(7-13-20)28(30,31)32)40-21-4-1-3-19(15-21)34-25(36)22-5-2-14-39-22/h1-15,33H,(H,34,36). The van der Waals surface area contributed by atoms with E-state index in [1.165, 1.54) is 24.5 Å². The second-order valence-corrected chi connectivity index (χ2v) is 9.47. The summed E-state index contributed by atoms with van der Waals surface area (Å²) < 4.78 is 57.7. The number of amides is 3. The molecule has 12 heteroatoms. The summed E-state index contributed by atoms with van der Waals surface area (Å²) in [4.78, 5) is 40.5. The number of halogens is 4. The maximum Gasteiger partial charge on any atom is 0.416 e. The molecule has 3 amide bonds. The number of furan rings is 1. The minimum atomic E-state index is -4.59. The number of thioether (sulfide) groups is 1. The van der Waals surface area contributed by atoms with Gasteiger partial charge >= 0.3 is 6.18 Å². The van der Waals surface area contributed by atoms with Crippen LogP contribution in [-0.2, 0) is 15.8 Å². The number of nitrogens with one attached hydrogen (secondary N) is 2. The molecule has 202 valence electrons. The molecule has 0 saturated carbocycles. The number of alkyl halides is 3. The van der Waals surface area contributed by atoms with Crippen LogP contribution in [0.25, 0.3) is 0 Å². The predicted octanol–water partition coefficient (Wildman–Crippen LogP) is 6.68. The van der Waals surface area contributed by atoms with Gasteiger partial charge in [0.25, 0.3) is 17.7 Å². The van der Waals surface area contributed by atoms with E-state index in [1.807, 2.05) is 0 Å². The van der Waals surface area contributed by atoms with Crippen LogP contribution in [0.5, 0.6) is 0 Å². The lowest BCUT2D eigenvalue weighted by atomic mass is 10.2. The minimum Gasteiger partial charge on any atom is -0.459 e. The van der Waals surface area contributed by atoms with Crippen LogP contribution in [0.15, 0.2) is 111 Å². The fraction of sp³-hybridized carbons (Fsp3) is 0.0357. The molecule has 0 bridgehead atoms. The molecule has 7 nitrogen and oxygen atoms in total. The molecular weight excluding hydrogens is 550 g/mol. The summed E-state index contributed by atoms with van der Waals surface area (Å²) in [7, 11) is 0. The van der Waals surface area contributed by atoms with Crippen molar-refractivity contribution in [3.8, 4) is 0 Å². The summed E-state index contributed by atoms with van der Waals surface area (Å²) in [6.45, 7) is 0. The van der Waals surface area contributed by atoms with Crippen LogP contribution in [0.1, 0.15) is 16.1 Å². The third-order valence-electron chi connectivity index (χ3n) is 5.66. The topological polar surface area (TPSA) is 91.7 Å². The Bertz CT molecular complexity index is 1620. The van der Waals surface area contributed by atoms with Crippen LogP contribution < -0.4 is 15.5 Å². The highest BCUT2D eigenvalue weighted by Gasteiger charge is 2.41. The average Bonchev–Trinajstić information content (AvgIpc) is 3.54. The van der Waals surface area contributed by atoms with Crippen LogP contribution in [0, 0.1) is 5.82 Å². The number of nitrogens with zero attached hydrogens (tertiary/aromatic N) is 1. The summed E-state index contributed by atoms with van der Waals surface area (Å²) in [5, 5.41) is 5.51. The van der Waals surface area contributed by atoms with Gasteiger partial charge in [-0.3, -0.25) is 14.4 Å². The minimum absolute atomic E-state index is 0.0521. The molecule has 5 rings (SSSR count). The summed E-state index contributed by atoms with van der Waals surface area (Å²) >= 11 is 0.914. The van der Waals surface area contributed by atoms with Gasteiger partial charge in [-0.15, -0.1) is 0 Å². The predicted molar refractivity (Wildman–Crippen MR) is 140 cm³/mol. The van der Waals surface area contributed by atoms with Crippen molar-refractivity contribution >= 4 is 46.5 Å². The number of rotatable bonds is 7. The number of hydrogen-bond acceptors (Lipinski definition) is 6. The van der Waals surface area contributed by atoms with E-state index in [2.05, 4.69) is 10.6 Å². The smallest absolute Gasteiger partial charge is 0.416 e. The molecule has 2 heterocycles. The maximum atomic E-state index is 13.5. The van der Waals surface area contributed by atoms with Crippen LogP contribution in [-0.4, -0.2) is 17.7 Å². The largest absolute Gasteiger partial charge is 0.459 e. The Morgan fingerprint density at radius 3 is 2.23 bits per heavy atom. The van der Waals surface area contributed by atoms with Crippen molar-refractivity contribution in [1.29, 1.82) is 0 Å². The SMILES string of the molecule is O=C(Nc1cccc(SC2=C(Nc3ccc(F)cc3)C(=O)N(c3ccc(C(F)(F)F)cc3)C2=O)c1)c1ccco1. The quantitative estimate of drug-likeness (QED) is 0.191. The summed E-state index contributed by atoms with van der Waals surface area (Å²) in [5.41, 5.74) is -0.445. The van der Waals surface area contributed by atoms with Crippen molar-refractivity contribution in [3.63, 3.8) is 0 Å². The van der Waals surface area contributed by atoms with Crippen molar-refractivity contribution in [2.24, 2.45) is 0 Å². The third kappa shape index (κ3) is 5.61. The Morgan fingerprint density at radius 1 is 0.850 bits per heavy atom. The molecule has 4 aromatic rings. The van der Waals surface area contributed by atoms with E-state index in [-0.39, 0.29) is 22.0 Å². The molecule has 3 aromatic carbocycles. The maximum absolute atomic E-state index is 13.5. The molecule has 1 aliphatic rings. The molecular formula is C28H17F4N3O4S. The highest BCUT2D eigenvalue weighted by atomic mass is 32.2. The molecule has 2 N–H and O–H groups in total. The van der Waals surface area contributed by atoms with Gasteiger partial charge in [-0.05, 0) is 78.9 Å². The molecule has 1 aromatic heterocycles. The zero-order valence-corrected chi connectivity index (χ0v) is 21.0. The second kappa shape index (κ2) is 10.7. The van der Waals surface area contributed by atoms with Gasteiger partial charge in [0.1, 0.15) is 16.4 Å². The zero-order valence-electron chi connectivity index (χ0n) is 20.2. The van der Waals surface area contributed by atoms with Crippen molar-refractivity contribution in [3.05, 3.63) is 119 Å². The first-order chi connectivity index (χ1) is 19.1. The van der Waals surface area contributed by atoms with Gasteiger partial charge in [0, 0.05) is 16.3 Å². The van der Waals surface area contributed by atoms with E-state index in [0.29, 0.717) is 16.3 Å². The van der Waals surface area contributed by atoms with Crippen molar-refractivity contribution in [2.45, 2.75) is 11.1 Å². The summed E-state index contributed by atoms with van der Waals surface area (Å²) in [6, 6.07) is 18.2. The lowest BCUT2D eigenvalue weighted by Gasteiger charge is -2.16. The van der Waals surface area contributed by atoms with Gasteiger partial charge in [-0.1, -0.05) is 17.8 Å². The number of anilines is 3. The lowest BCUT2D eigenvalue weighted by Crippen LogP contribution is -2.32. The average molecular weight is 568 g/mol. The first-order valence-corrected chi connectivity index (χ1v) is 12.4. The van der Waals surface area contributed by atoms with E-state index in [4.69, 9.17) is 4.42 Å². The van der Waals surface area contributed by atoms with Crippen molar-refractivity contribution in [1.82, 2.24) is 0 Å². The van der Waals surface area contributed by atoms with Gasteiger partial charge in [0.05, 0.1) is 17.5 Å². The van der Waals surface area contributed by atoms with Crippen LogP contribution >= 0.6 is 11.8 Å². The molecule has 0 saturated heterocycles. The van der Waals surface area contributed by atoms with Gasteiger partial charge in [-0.2, -0.15) is 13.2 Å². The molecule has 0 aliphatic carbocycles. The first-order valence-electron chi connectivity index (χ1n) is 11.6. The van der Waals surface area contributed by atoms with Crippen LogP contribution in [0.4, 0.5) is 34.6 Å². The second-order valence-electron chi connectivity index (χ2n) is 8.39. The summed E-state index contributed by atoms with van der Waals surface area (Å²) in [5.74, 6) is -2.49. The molecule has 40 heavy (non-hydrogen) atoms. The zero-order chi connectivity index (χ0) is 28.4. The Morgan fingerprint density at radius 2 is 1.57 bits per heavy atom. The highest BCUT2D eigenvalue weighted by molar-refractivity contribution is 8.04. The lowest BCUT2D eigenvalue weighted by molar-refractivity contribution is -0.137. The Balaban J connectivity index is 1.46. The van der Waals surface area contributed by atoms with E-state index in [1.54, 1.807) is 30.3 Å². The molecule has 0 radical (unpaired) electrons. The van der Waals surface area contributed by atoms with Crippen molar-refractivity contribution < 1.29 is 36.4 Å². The number of carbonyl (C=O) groups is 3. The number of imide groups is 1. The first kappa shape index (κ1) is 26.8.